The van der Waals surface area contributed by atoms with E-state index in [1.165, 1.54) is 70.6 Å². The molecule has 0 fully saturated rings. The lowest BCUT2D eigenvalue weighted by Crippen LogP contribution is -2.24. The van der Waals surface area contributed by atoms with E-state index in [4.69, 9.17) is 0 Å². The Hall–Kier alpha value is 0. The molecule has 4 unspecified atom stereocenters. The Labute approximate surface area is 149 Å². The van der Waals surface area contributed by atoms with Crippen molar-refractivity contribution in [3.05, 3.63) is 0 Å². The Bertz CT molecular complexity index is 242. The van der Waals surface area contributed by atoms with E-state index >= 15 is 0 Å². The molecule has 0 amide bonds. The van der Waals surface area contributed by atoms with E-state index in [0.29, 0.717) is 0 Å². The fraction of sp³-hybridized carbons (Fsp3) is 1.00. The van der Waals surface area contributed by atoms with E-state index in [1.807, 2.05) is 0 Å². The van der Waals surface area contributed by atoms with Gasteiger partial charge in [0.2, 0.25) is 0 Å². The first kappa shape index (κ1) is 23.0. The fourth-order valence-corrected chi connectivity index (χ4v) is 4.19. The molecule has 0 saturated carbocycles. The molecule has 140 valence electrons. The molecule has 0 bridgehead atoms. The number of hydrogen-bond donors (Lipinski definition) is 0. The van der Waals surface area contributed by atoms with Crippen molar-refractivity contribution in [2.24, 2.45) is 29.6 Å². The van der Waals surface area contributed by atoms with Crippen LogP contribution in [0.1, 0.15) is 119 Å². The molecule has 0 heterocycles. The SMILES string of the molecule is CCCCCCC(CC(CCCC)C(C)C)C(C)C(C)CCC. The molecule has 0 heteroatoms. The third-order valence-corrected chi connectivity index (χ3v) is 6.29. The molecule has 0 spiro atoms. The van der Waals surface area contributed by atoms with Crippen LogP contribution in [0.15, 0.2) is 0 Å². The largest absolute Gasteiger partial charge is 0.0654 e. The summed E-state index contributed by atoms with van der Waals surface area (Å²) in [7, 11) is 0. The summed E-state index contributed by atoms with van der Waals surface area (Å²) in [6, 6.07) is 0. The van der Waals surface area contributed by atoms with Gasteiger partial charge in [0.05, 0.1) is 0 Å². The molecular formula is C23H48. The zero-order chi connectivity index (χ0) is 17.7. The average molecular weight is 325 g/mol. The minimum atomic E-state index is 0.855. The van der Waals surface area contributed by atoms with Gasteiger partial charge in [0.25, 0.3) is 0 Å². The van der Waals surface area contributed by atoms with Gasteiger partial charge in [0.1, 0.15) is 0 Å². The lowest BCUT2D eigenvalue weighted by atomic mass is 9.72. The molecule has 0 saturated heterocycles. The van der Waals surface area contributed by atoms with E-state index in [1.54, 1.807) is 0 Å². The van der Waals surface area contributed by atoms with E-state index in [2.05, 4.69) is 48.5 Å². The fourth-order valence-electron chi connectivity index (χ4n) is 4.19. The van der Waals surface area contributed by atoms with Crippen molar-refractivity contribution in [2.45, 2.75) is 119 Å². The zero-order valence-electron chi connectivity index (χ0n) is 17.7. The molecule has 4 atom stereocenters. The van der Waals surface area contributed by atoms with Gasteiger partial charge in [0.15, 0.2) is 0 Å². The predicted octanol–water partition coefficient (Wildman–Crippen LogP) is 8.50. The van der Waals surface area contributed by atoms with Crippen LogP contribution < -0.4 is 0 Å². The van der Waals surface area contributed by atoms with Crippen molar-refractivity contribution in [3.63, 3.8) is 0 Å². The summed E-state index contributed by atoms with van der Waals surface area (Å²) in [6.07, 6.45) is 15.6. The Balaban J connectivity index is 4.71. The topological polar surface area (TPSA) is 0 Å². The molecule has 0 radical (unpaired) electrons. The smallest absolute Gasteiger partial charge is 0.0383 e. The minimum absolute atomic E-state index is 0.855. The molecule has 0 aromatic rings. The summed E-state index contributed by atoms with van der Waals surface area (Å²) < 4.78 is 0. The Morgan fingerprint density at radius 1 is 0.565 bits per heavy atom. The molecule has 0 aromatic heterocycles. The third-order valence-electron chi connectivity index (χ3n) is 6.29. The van der Waals surface area contributed by atoms with Crippen LogP contribution >= 0.6 is 0 Å². The maximum absolute atomic E-state index is 2.56. The second-order valence-electron chi connectivity index (χ2n) is 8.62. The van der Waals surface area contributed by atoms with E-state index in [9.17, 15) is 0 Å². The van der Waals surface area contributed by atoms with E-state index in [0.717, 1.165) is 29.6 Å². The summed E-state index contributed by atoms with van der Waals surface area (Å²) in [4.78, 5) is 0. The maximum atomic E-state index is 2.56. The molecule has 23 heavy (non-hydrogen) atoms. The molecular weight excluding hydrogens is 276 g/mol. The van der Waals surface area contributed by atoms with Gasteiger partial charge >= 0.3 is 0 Å². The van der Waals surface area contributed by atoms with Gasteiger partial charge in [-0.2, -0.15) is 0 Å². The van der Waals surface area contributed by atoms with E-state index < -0.39 is 0 Å². The normalized spacial score (nSPS) is 17.2. The quantitative estimate of drug-likeness (QED) is 0.265. The van der Waals surface area contributed by atoms with Crippen molar-refractivity contribution < 1.29 is 0 Å². The first-order chi connectivity index (χ1) is 11.0. The second-order valence-corrected chi connectivity index (χ2v) is 8.62. The van der Waals surface area contributed by atoms with Crippen molar-refractivity contribution in [3.8, 4) is 0 Å². The first-order valence-electron chi connectivity index (χ1n) is 11.0. The summed E-state index contributed by atoms with van der Waals surface area (Å²) in [5.41, 5.74) is 0. The van der Waals surface area contributed by atoms with E-state index in [-0.39, 0.29) is 0 Å². The maximum Gasteiger partial charge on any atom is -0.0383 e. The highest BCUT2D eigenvalue weighted by Gasteiger charge is 2.26. The molecule has 0 N–H and O–H groups in total. The monoisotopic (exact) mass is 324 g/mol. The Kier molecular flexibility index (Phi) is 14.4. The zero-order valence-corrected chi connectivity index (χ0v) is 17.7. The van der Waals surface area contributed by atoms with Crippen LogP contribution in [0.25, 0.3) is 0 Å². The highest BCUT2D eigenvalue weighted by atomic mass is 14.3. The Morgan fingerprint density at radius 3 is 1.70 bits per heavy atom. The number of rotatable bonds is 15. The summed E-state index contributed by atoms with van der Waals surface area (Å²) in [5, 5.41) is 0. The van der Waals surface area contributed by atoms with Crippen LogP contribution in [0.3, 0.4) is 0 Å². The summed E-state index contributed by atoms with van der Waals surface area (Å²) >= 11 is 0. The van der Waals surface area contributed by atoms with Crippen LogP contribution in [0.2, 0.25) is 0 Å². The Morgan fingerprint density at radius 2 is 1.17 bits per heavy atom. The van der Waals surface area contributed by atoms with Gasteiger partial charge in [-0.25, -0.2) is 0 Å². The molecule has 0 rings (SSSR count). The van der Waals surface area contributed by atoms with Crippen LogP contribution in [0, 0.1) is 29.6 Å². The predicted molar refractivity (Wildman–Crippen MR) is 108 cm³/mol. The molecule has 0 aliphatic heterocycles. The van der Waals surface area contributed by atoms with Crippen LogP contribution in [0.5, 0.6) is 0 Å². The van der Waals surface area contributed by atoms with Crippen molar-refractivity contribution >= 4 is 0 Å². The second kappa shape index (κ2) is 14.4. The van der Waals surface area contributed by atoms with Crippen molar-refractivity contribution in [1.29, 1.82) is 0 Å². The standard InChI is InChI=1S/C23H48/c1-8-11-13-14-17-23(21(7)20(6)15-10-3)18-22(19(4)5)16-12-9-2/h19-23H,8-18H2,1-7H3. The highest BCUT2D eigenvalue weighted by molar-refractivity contribution is 4.76. The van der Waals surface area contributed by atoms with Gasteiger partial charge in [-0.15, -0.1) is 0 Å². The van der Waals surface area contributed by atoms with Crippen molar-refractivity contribution in [2.75, 3.05) is 0 Å². The van der Waals surface area contributed by atoms with Gasteiger partial charge in [0, 0.05) is 0 Å². The minimum Gasteiger partial charge on any atom is -0.0654 e. The molecule has 0 nitrogen and oxygen atoms in total. The lowest BCUT2D eigenvalue weighted by molar-refractivity contribution is 0.170. The summed E-state index contributed by atoms with van der Waals surface area (Å²) in [5.74, 6) is 4.56. The number of hydrogen-bond acceptors (Lipinski definition) is 0. The third kappa shape index (κ3) is 10.5. The molecule has 0 aliphatic rings. The van der Waals surface area contributed by atoms with Crippen molar-refractivity contribution in [1.82, 2.24) is 0 Å². The van der Waals surface area contributed by atoms with Crippen LogP contribution in [-0.4, -0.2) is 0 Å². The van der Waals surface area contributed by atoms with Gasteiger partial charge in [-0.3, -0.25) is 0 Å². The lowest BCUT2D eigenvalue weighted by Gasteiger charge is -2.33. The number of unbranched alkanes of at least 4 members (excludes halogenated alkanes) is 4. The first-order valence-corrected chi connectivity index (χ1v) is 11.0. The molecule has 0 aliphatic carbocycles. The van der Waals surface area contributed by atoms with Crippen LogP contribution in [0.4, 0.5) is 0 Å². The molecule has 0 aromatic carbocycles. The van der Waals surface area contributed by atoms with Gasteiger partial charge in [-0.05, 0) is 36.0 Å². The highest BCUT2D eigenvalue weighted by Crippen LogP contribution is 2.36. The summed E-state index contributed by atoms with van der Waals surface area (Å²) in [6.45, 7) is 17.0. The van der Waals surface area contributed by atoms with Crippen LogP contribution in [-0.2, 0) is 0 Å². The average Bonchev–Trinajstić information content (AvgIpc) is 2.52. The van der Waals surface area contributed by atoms with Gasteiger partial charge in [-0.1, -0.05) is 113 Å². The van der Waals surface area contributed by atoms with Gasteiger partial charge < -0.3 is 0 Å².